The second kappa shape index (κ2) is 8.64. The molecule has 4 aromatic rings. The number of fused-ring (bicyclic) bond motifs is 1. The summed E-state index contributed by atoms with van der Waals surface area (Å²) in [5, 5.41) is 1.94. The minimum absolute atomic E-state index is 0.358. The number of pyridine rings is 1. The van der Waals surface area contributed by atoms with Crippen LogP contribution in [0, 0.1) is 0 Å². The van der Waals surface area contributed by atoms with E-state index in [9.17, 15) is 0 Å². The van der Waals surface area contributed by atoms with Gasteiger partial charge >= 0.3 is 0 Å². The van der Waals surface area contributed by atoms with E-state index in [1.54, 1.807) is 25.7 Å². The van der Waals surface area contributed by atoms with Crippen molar-refractivity contribution < 1.29 is 4.42 Å². The highest BCUT2D eigenvalue weighted by atomic mass is 35.5. The van der Waals surface area contributed by atoms with Crippen molar-refractivity contribution in [1.29, 1.82) is 0 Å². The lowest BCUT2D eigenvalue weighted by atomic mass is 10.2. The van der Waals surface area contributed by atoms with Crippen molar-refractivity contribution >= 4 is 46.5 Å². The number of nitrogens with zero attached hydrogens (tertiary/aromatic N) is 6. The minimum Gasteiger partial charge on any atom is -0.462 e. The molecule has 4 heterocycles. The van der Waals surface area contributed by atoms with Crippen LogP contribution in [0.3, 0.4) is 0 Å². The van der Waals surface area contributed by atoms with Crippen molar-refractivity contribution in [3.8, 4) is 21.1 Å². The average molecular weight is 411 g/mol. The van der Waals surface area contributed by atoms with Crippen LogP contribution >= 0.6 is 22.9 Å². The Morgan fingerprint density at radius 3 is 2.64 bits per heavy atom. The number of halogens is 1. The Morgan fingerprint density at radius 1 is 1.21 bits per heavy atom. The molecule has 0 saturated carbocycles. The fourth-order valence-corrected chi connectivity index (χ4v) is 3.73. The Bertz CT molecular complexity index is 1150. The fraction of sp³-hybridized carbons (Fsp3) is 0.0526. The number of rotatable bonds is 3. The van der Waals surface area contributed by atoms with E-state index < -0.39 is 0 Å². The van der Waals surface area contributed by atoms with Crippen molar-refractivity contribution in [2.75, 3.05) is 7.05 Å². The molecule has 4 rings (SSSR count). The van der Waals surface area contributed by atoms with Gasteiger partial charge in [-0.3, -0.25) is 4.99 Å². The van der Waals surface area contributed by atoms with Gasteiger partial charge < -0.3 is 4.42 Å². The number of hydrogen-bond acceptors (Lipinski definition) is 7. The Kier molecular flexibility index (Phi) is 6.03. The first-order valence-corrected chi connectivity index (χ1v) is 9.15. The lowest BCUT2D eigenvalue weighted by molar-refractivity contribution is 0.613. The highest BCUT2D eigenvalue weighted by Crippen LogP contribution is 2.38. The van der Waals surface area contributed by atoms with Crippen LogP contribution in [0.4, 0.5) is 0 Å². The van der Waals surface area contributed by atoms with Gasteiger partial charge in [-0.1, -0.05) is 11.6 Å². The Labute approximate surface area is 170 Å². The summed E-state index contributed by atoms with van der Waals surface area (Å²) in [6, 6.07) is 3.74. The maximum atomic E-state index is 6.38. The van der Waals surface area contributed by atoms with Gasteiger partial charge in [0.15, 0.2) is 17.1 Å². The molecule has 0 amide bonds. The van der Waals surface area contributed by atoms with E-state index >= 15 is 0 Å². The second-order valence-corrected chi connectivity index (χ2v) is 6.52. The van der Waals surface area contributed by atoms with Crippen LogP contribution in [0.2, 0.25) is 5.15 Å². The summed E-state index contributed by atoms with van der Waals surface area (Å²) < 4.78 is 5.54. The molecule has 28 heavy (non-hydrogen) atoms. The van der Waals surface area contributed by atoms with E-state index in [0.29, 0.717) is 33.0 Å². The van der Waals surface area contributed by atoms with E-state index in [2.05, 4.69) is 49.8 Å². The van der Waals surface area contributed by atoms with Crippen LogP contribution in [-0.2, 0) is 0 Å². The third kappa shape index (κ3) is 3.60. The molecule has 9 heteroatoms. The molecule has 0 spiro atoms. The Hall–Kier alpha value is -3.23. The number of thiazole rings is 1. The molecule has 0 aromatic carbocycles. The van der Waals surface area contributed by atoms with Crippen LogP contribution in [0.15, 0.2) is 64.7 Å². The zero-order valence-electron chi connectivity index (χ0n) is 15.0. The maximum Gasteiger partial charge on any atom is 0.176 e. The van der Waals surface area contributed by atoms with Crippen LogP contribution in [0.25, 0.3) is 32.1 Å². The van der Waals surface area contributed by atoms with Crippen LogP contribution in [-0.4, -0.2) is 39.5 Å². The molecule has 0 fully saturated rings. The predicted molar refractivity (Wildman–Crippen MR) is 114 cm³/mol. The summed E-state index contributed by atoms with van der Waals surface area (Å²) >= 11 is 7.79. The molecule has 0 atom stereocenters. The standard InChI is InChI=1S/C17H11ClN6OS.C2H4/c1-19-16(20-2)12-13-9(3-4-25-13)5-11(23-12)14-15(18)24-17(26-14)10-6-21-8-22-7-10;1-2/h3-8H,1H2,2H3;1-2H2. The minimum atomic E-state index is 0.358. The van der Waals surface area contributed by atoms with Gasteiger partial charge in [-0.2, -0.15) is 0 Å². The first-order valence-electron chi connectivity index (χ1n) is 7.95. The van der Waals surface area contributed by atoms with Gasteiger partial charge in [-0.15, -0.1) is 24.5 Å². The zero-order valence-corrected chi connectivity index (χ0v) is 16.5. The van der Waals surface area contributed by atoms with Gasteiger partial charge in [-0.05, 0) is 18.9 Å². The summed E-state index contributed by atoms with van der Waals surface area (Å²) in [6.07, 6.45) is 6.44. The number of aromatic nitrogens is 4. The molecule has 0 unspecified atom stereocenters. The van der Waals surface area contributed by atoms with Crippen molar-refractivity contribution in [3.63, 3.8) is 0 Å². The number of amidine groups is 1. The normalized spacial score (nSPS) is 11.1. The summed E-state index contributed by atoms with van der Waals surface area (Å²) in [6.45, 7) is 9.55. The molecule has 4 aromatic heterocycles. The van der Waals surface area contributed by atoms with Gasteiger partial charge in [-0.25, -0.2) is 24.9 Å². The van der Waals surface area contributed by atoms with Crippen LogP contribution in [0.5, 0.6) is 0 Å². The molecule has 0 aliphatic rings. The molecule has 140 valence electrons. The van der Waals surface area contributed by atoms with Gasteiger partial charge in [0.25, 0.3) is 0 Å². The monoisotopic (exact) mass is 410 g/mol. The predicted octanol–water partition coefficient (Wildman–Crippen LogP) is 4.94. The largest absolute Gasteiger partial charge is 0.462 e. The highest BCUT2D eigenvalue weighted by Gasteiger charge is 2.19. The van der Waals surface area contributed by atoms with Gasteiger partial charge in [0.05, 0.1) is 16.8 Å². The third-order valence-electron chi connectivity index (χ3n) is 3.63. The molecular weight excluding hydrogens is 396 g/mol. The van der Waals surface area contributed by atoms with E-state index in [-0.39, 0.29) is 0 Å². The van der Waals surface area contributed by atoms with Crippen molar-refractivity contribution in [2.45, 2.75) is 0 Å². The molecule has 0 aliphatic heterocycles. The molecular formula is C19H15ClN6OS. The Morgan fingerprint density at radius 2 is 1.96 bits per heavy atom. The highest BCUT2D eigenvalue weighted by molar-refractivity contribution is 7.19. The van der Waals surface area contributed by atoms with E-state index in [1.807, 2.05) is 12.1 Å². The molecule has 0 radical (unpaired) electrons. The van der Waals surface area contributed by atoms with Crippen LogP contribution in [0.1, 0.15) is 5.69 Å². The zero-order chi connectivity index (χ0) is 20.1. The van der Waals surface area contributed by atoms with Crippen molar-refractivity contribution in [2.24, 2.45) is 9.98 Å². The molecule has 0 aliphatic carbocycles. The van der Waals surface area contributed by atoms with Gasteiger partial charge in [0, 0.05) is 30.4 Å². The second-order valence-electron chi connectivity index (χ2n) is 5.17. The summed E-state index contributed by atoms with van der Waals surface area (Å²) in [4.78, 5) is 25.9. The summed E-state index contributed by atoms with van der Waals surface area (Å²) in [5.74, 6) is 0.393. The third-order valence-corrected chi connectivity index (χ3v) is 5.15. The average Bonchev–Trinajstić information content (AvgIpc) is 3.37. The first kappa shape index (κ1) is 19.5. The summed E-state index contributed by atoms with van der Waals surface area (Å²) in [7, 11) is 1.63. The van der Waals surface area contributed by atoms with E-state index in [0.717, 1.165) is 15.8 Å². The van der Waals surface area contributed by atoms with Gasteiger partial charge in [0.2, 0.25) is 0 Å². The molecule has 7 nitrogen and oxygen atoms in total. The smallest absolute Gasteiger partial charge is 0.176 e. The first-order chi connectivity index (χ1) is 13.7. The van der Waals surface area contributed by atoms with Crippen LogP contribution < -0.4 is 0 Å². The Balaban J connectivity index is 0.00000109. The van der Waals surface area contributed by atoms with Crippen molar-refractivity contribution in [3.05, 3.63) is 61.1 Å². The van der Waals surface area contributed by atoms with Gasteiger partial charge in [0.1, 0.15) is 16.5 Å². The molecule has 0 N–H and O–H groups in total. The molecule has 0 saturated heterocycles. The lowest BCUT2D eigenvalue weighted by Crippen LogP contribution is -2.02. The number of furan rings is 1. The van der Waals surface area contributed by atoms with E-state index in [4.69, 9.17) is 16.0 Å². The number of hydrogen-bond donors (Lipinski definition) is 0. The van der Waals surface area contributed by atoms with Crippen molar-refractivity contribution in [1.82, 2.24) is 19.9 Å². The summed E-state index contributed by atoms with van der Waals surface area (Å²) in [5.41, 5.74) is 2.55. The number of aliphatic imine (C=N–C) groups is 2. The lowest BCUT2D eigenvalue weighted by Gasteiger charge is -2.04. The maximum absolute atomic E-state index is 6.38. The SMILES string of the molecule is C=C.C=NC(=NC)c1nc(-c2sc(-c3cncnc3)nc2Cl)cc2ccoc12. The van der Waals surface area contributed by atoms with E-state index in [1.165, 1.54) is 17.7 Å². The molecule has 0 bridgehead atoms. The topological polar surface area (TPSA) is 89.4 Å². The fourth-order valence-electron chi connectivity index (χ4n) is 2.49. The quantitative estimate of drug-likeness (QED) is 0.271.